The van der Waals surface area contributed by atoms with Crippen LogP contribution in [0.5, 0.6) is 0 Å². The summed E-state index contributed by atoms with van der Waals surface area (Å²) in [5.74, 6) is 1.43. The van der Waals surface area contributed by atoms with E-state index >= 15 is 0 Å². The van der Waals surface area contributed by atoms with Gasteiger partial charge >= 0.3 is 0 Å². The fourth-order valence-electron chi connectivity index (χ4n) is 1.08. The molecule has 6 heteroatoms. The molecule has 0 spiro atoms. The Morgan fingerprint density at radius 1 is 1.40 bits per heavy atom. The summed E-state index contributed by atoms with van der Waals surface area (Å²) in [6.07, 6.45) is 0. The second-order valence-electron chi connectivity index (χ2n) is 3.21. The van der Waals surface area contributed by atoms with Crippen LogP contribution >= 0.6 is 15.9 Å². The Labute approximate surface area is 98.0 Å². The van der Waals surface area contributed by atoms with Gasteiger partial charge in [-0.25, -0.2) is 4.98 Å². The average Bonchev–Trinajstić information content (AvgIpc) is 2.21. The van der Waals surface area contributed by atoms with Crippen LogP contribution in [0.2, 0.25) is 0 Å². The molecule has 5 nitrogen and oxygen atoms in total. The van der Waals surface area contributed by atoms with E-state index in [4.69, 9.17) is 4.74 Å². The Morgan fingerprint density at radius 2 is 2.07 bits per heavy atom. The maximum atomic E-state index is 5.08. The molecule has 15 heavy (non-hydrogen) atoms. The van der Waals surface area contributed by atoms with Crippen LogP contribution in [0, 0.1) is 0 Å². The number of halogens is 1. The molecule has 1 aromatic rings. The molecule has 0 aromatic carbocycles. The lowest BCUT2D eigenvalue weighted by molar-refractivity contribution is 0.181. The van der Waals surface area contributed by atoms with Crippen molar-refractivity contribution in [2.45, 2.75) is 6.61 Å². The quantitative estimate of drug-likeness (QED) is 0.902. The van der Waals surface area contributed by atoms with Crippen molar-refractivity contribution in [2.24, 2.45) is 0 Å². The van der Waals surface area contributed by atoms with Crippen LogP contribution in [0.3, 0.4) is 0 Å². The zero-order valence-corrected chi connectivity index (χ0v) is 10.9. The summed E-state index contributed by atoms with van der Waals surface area (Å²) in [6, 6.07) is 0. The van der Waals surface area contributed by atoms with E-state index in [0.717, 1.165) is 16.0 Å². The van der Waals surface area contributed by atoms with Gasteiger partial charge < -0.3 is 15.0 Å². The molecule has 1 aromatic heterocycles. The summed E-state index contributed by atoms with van der Waals surface area (Å²) in [5.41, 5.74) is 0.834. The number of anilines is 2. The van der Waals surface area contributed by atoms with Gasteiger partial charge in [0.05, 0.1) is 16.8 Å². The van der Waals surface area contributed by atoms with Crippen LogP contribution in [-0.4, -0.2) is 38.2 Å². The third-order valence-electron chi connectivity index (χ3n) is 1.83. The van der Waals surface area contributed by atoms with Crippen LogP contribution < -0.4 is 10.2 Å². The van der Waals surface area contributed by atoms with Gasteiger partial charge in [-0.05, 0) is 15.9 Å². The fourth-order valence-corrected chi connectivity index (χ4v) is 1.57. The maximum absolute atomic E-state index is 5.08. The van der Waals surface area contributed by atoms with Crippen LogP contribution in [0.15, 0.2) is 4.47 Å². The van der Waals surface area contributed by atoms with Crippen molar-refractivity contribution in [1.82, 2.24) is 9.97 Å². The minimum Gasteiger partial charge on any atom is -0.378 e. The minimum atomic E-state index is 0.457. The fraction of sp³-hybridized carbons (Fsp3) is 0.556. The van der Waals surface area contributed by atoms with E-state index in [1.54, 1.807) is 7.11 Å². The number of aromatic nitrogens is 2. The zero-order valence-electron chi connectivity index (χ0n) is 9.33. The molecule has 0 aliphatic carbocycles. The monoisotopic (exact) mass is 274 g/mol. The predicted octanol–water partition coefficient (Wildman–Crippen LogP) is 1.49. The summed E-state index contributed by atoms with van der Waals surface area (Å²) < 4.78 is 5.92. The lowest BCUT2D eigenvalue weighted by Crippen LogP contribution is -2.15. The van der Waals surface area contributed by atoms with Gasteiger partial charge in [0, 0.05) is 28.3 Å². The molecule has 1 rings (SSSR count). The molecule has 0 amide bonds. The van der Waals surface area contributed by atoms with Crippen molar-refractivity contribution in [2.75, 3.05) is 38.5 Å². The minimum absolute atomic E-state index is 0.457. The first-order chi connectivity index (χ1) is 7.10. The Bertz CT molecular complexity index is 343. The third kappa shape index (κ3) is 2.79. The van der Waals surface area contributed by atoms with Gasteiger partial charge in [0.2, 0.25) is 5.95 Å². The van der Waals surface area contributed by atoms with E-state index in [-0.39, 0.29) is 0 Å². The molecule has 0 fully saturated rings. The summed E-state index contributed by atoms with van der Waals surface area (Å²) in [4.78, 5) is 10.6. The molecule has 0 atom stereocenters. The molecular formula is C9H15BrN4O. The normalized spacial score (nSPS) is 10.2. The van der Waals surface area contributed by atoms with Crippen molar-refractivity contribution >= 4 is 27.7 Å². The van der Waals surface area contributed by atoms with Crippen molar-refractivity contribution in [3.05, 3.63) is 10.2 Å². The van der Waals surface area contributed by atoms with Gasteiger partial charge in [0.15, 0.2) is 0 Å². The second kappa shape index (κ2) is 5.27. The van der Waals surface area contributed by atoms with Gasteiger partial charge in [-0.1, -0.05) is 0 Å². The maximum Gasteiger partial charge on any atom is 0.227 e. The molecule has 1 N–H and O–H groups in total. The molecule has 0 bridgehead atoms. The van der Waals surface area contributed by atoms with Crippen LogP contribution in [0.1, 0.15) is 5.69 Å². The van der Waals surface area contributed by atoms with Gasteiger partial charge in [0.25, 0.3) is 0 Å². The van der Waals surface area contributed by atoms with E-state index in [1.807, 2.05) is 26.0 Å². The lowest BCUT2D eigenvalue weighted by atomic mass is 10.4. The zero-order chi connectivity index (χ0) is 11.4. The molecule has 0 saturated carbocycles. The van der Waals surface area contributed by atoms with Crippen LogP contribution in [0.25, 0.3) is 0 Å². The molecule has 0 aliphatic heterocycles. The van der Waals surface area contributed by atoms with E-state index in [9.17, 15) is 0 Å². The summed E-state index contributed by atoms with van der Waals surface area (Å²) in [5, 5.41) is 3.01. The highest BCUT2D eigenvalue weighted by atomic mass is 79.9. The molecule has 84 valence electrons. The molecule has 0 aliphatic rings. The van der Waals surface area contributed by atoms with Crippen LogP contribution in [0.4, 0.5) is 11.8 Å². The van der Waals surface area contributed by atoms with Crippen molar-refractivity contribution in [3.8, 4) is 0 Å². The largest absolute Gasteiger partial charge is 0.378 e. The van der Waals surface area contributed by atoms with Gasteiger partial charge in [-0.3, -0.25) is 0 Å². The van der Waals surface area contributed by atoms with Crippen LogP contribution in [-0.2, 0) is 11.3 Å². The van der Waals surface area contributed by atoms with E-state index in [0.29, 0.717) is 12.6 Å². The Balaban J connectivity index is 3.19. The summed E-state index contributed by atoms with van der Waals surface area (Å²) >= 11 is 3.44. The highest BCUT2D eigenvalue weighted by Crippen LogP contribution is 2.25. The molecule has 0 unspecified atom stereocenters. The standard InChI is InChI=1S/C9H15BrN4O/c1-11-8-7(10)6(5-15-4)12-9(13-8)14(2)3/h5H2,1-4H3,(H,11,12,13). The number of hydrogen-bond acceptors (Lipinski definition) is 5. The average molecular weight is 275 g/mol. The SMILES string of the molecule is CNc1nc(N(C)C)nc(COC)c1Br. The molecule has 0 radical (unpaired) electrons. The van der Waals surface area contributed by atoms with E-state index in [2.05, 4.69) is 31.2 Å². The number of nitrogens with one attached hydrogen (secondary N) is 1. The lowest BCUT2D eigenvalue weighted by Gasteiger charge is -2.14. The second-order valence-corrected chi connectivity index (χ2v) is 4.00. The Hall–Kier alpha value is -0.880. The first kappa shape index (κ1) is 12.2. The van der Waals surface area contributed by atoms with Crippen molar-refractivity contribution in [1.29, 1.82) is 0 Å². The Kier molecular flexibility index (Phi) is 4.28. The highest BCUT2D eigenvalue weighted by Gasteiger charge is 2.11. The van der Waals surface area contributed by atoms with Gasteiger partial charge in [-0.15, -0.1) is 0 Å². The first-order valence-corrected chi connectivity index (χ1v) is 5.29. The number of methoxy groups -OCH3 is 1. The topological polar surface area (TPSA) is 50.3 Å². The van der Waals surface area contributed by atoms with Crippen molar-refractivity contribution < 1.29 is 4.74 Å². The summed E-state index contributed by atoms with van der Waals surface area (Å²) in [7, 11) is 7.27. The number of hydrogen-bond donors (Lipinski definition) is 1. The van der Waals surface area contributed by atoms with Crippen molar-refractivity contribution in [3.63, 3.8) is 0 Å². The first-order valence-electron chi connectivity index (χ1n) is 4.50. The predicted molar refractivity (Wildman–Crippen MR) is 64.3 cm³/mol. The highest BCUT2D eigenvalue weighted by molar-refractivity contribution is 9.10. The number of nitrogens with zero attached hydrogens (tertiary/aromatic N) is 3. The van der Waals surface area contributed by atoms with E-state index in [1.165, 1.54) is 0 Å². The number of ether oxygens (including phenoxy) is 1. The summed E-state index contributed by atoms with van der Waals surface area (Å²) in [6.45, 7) is 0.457. The smallest absolute Gasteiger partial charge is 0.227 e. The van der Waals surface area contributed by atoms with E-state index < -0.39 is 0 Å². The number of rotatable bonds is 4. The molecular weight excluding hydrogens is 260 g/mol. The van der Waals surface area contributed by atoms with Gasteiger partial charge in [-0.2, -0.15) is 4.98 Å². The Morgan fingerprint density at radius 3 is 2.53 bits per heavy atom. The molecule has 1 heterocycles. The van der Waals surface area contributed by atoms with Gasteiger partial charge in [0.1, 0.15) is 5.82 Å². The molecule has 0 saturated heterocycles. The third-order valence-corrected chi connectivity index (χ3v) is 2.66.